The van der Waals surface area contributed by atoms with Gasteiger partial charge in [-0.1, -0.05) is 42.1 Å². The molecule has 6 heteroatoms. The zero-order valence-corrected chi connectivity index (χ0v) is 13.7. The molecule has 1 aliphatic rings. The van der Waals surface area contributed by atoms with Crippen LogP contribution in [0.2, 0.25) is 0 Å². The predicted octanol–water partition coefficient (Wildman–Crippen LogP) is 2.44. The summed E-state index contributed by atoms with van der Waals surface area (Å²) in [5.41, 5.74) is 1.45. The summed E-state index contributed by atoms with van der Waals surface area (Å²) in [7, 11) is 0. The molecule has 1 atom stereocenters. The van der Waals surface area contributed by atoms with E-state index >= 15 is 0 Å². The molecule has 1 unspecified atom stereocenters. The Balaban J connectivity index is 1.69. The Labute approximate surface area is 138 Å². The van der Waals surface area contributed by atoms with Crippen molar-refractivity contribution in [2.45, 2.75) is 42.6 Å². The van der Waals surface area contributed by atoms with Gasteiger partial charge in [0.25, 0.3) is 5.56 Å². The molecule has 1 aliphatic carbocycles. The van der Waals surface area contributed by atoms with E-state index in [9.17, 15) is 9.59 Å². The quantitative estimate of drug-likeness (QED) is 0.630. The first kappa shape index (κ1) is 15.8. The third kappa shape index (κ3) is 4.69. The molecule has 23 heavy (non-hydrogen) atoms. The standard InChI is InChI=1S/C17H19N3O2S/c1-11(12-5-3-2-4-6-12)23-17-19-14(10-16(22)20-17)9-15(21)18-13-7-8-13/h2-6,10-11,13H,7-9H2,1H3,(H,18,21)(H,19,20,22). The van der Waals surface area contributed by atoms with Crippen LogP contribution in [-0.2, 0) is 11.2 Å². The molecule has 0 saturated heterocycles. The Kier molecular flexibility index (Phi) is 4.81. The fourth-order valence-electron chi connectivity index (χ4n) is 2.26. The number of thioether (sulfide) groups is 1. The molecule has 2 aromatic rings. The van der Waals surface area contributed by atoms with Crippen LogP contribution in [0.15, 0.2) is 46.3 Å². The number of benzene rings is 1. The van der Waals surface area contributed by atoms with Gasteiger partial charge in [0.15, 0.2) is 5.16 Å². The van der Waals surface area contributed by atoms with Crippen LogP contribution in [0.5, 0.6) is 0 Å². The van der Waals surface area contributed by atoms with E-state index in [4.69, 9.17) is 0 Å². The molecular formula is C17H19N3O2S. The molecule has 1 saturated carbocycles. The molecule has 1 aromatic heterocycles. The number of aromatic amines is 1. The number of nitrogens with one attached hydrogen (secondary N) is 2. The smallest absolute Gasteiger partial charge is 0.251 e. The minimum Gasteiger partial charge on any atom is -0.353 e. The van der Waals surface area contributed by atoms with Crippen LogP contribution in [0.25, 0.3) is 0 Å². The Morgan fingerprint density at radius 3 is 2.83 bits per heavy atom. The first-order chi connectivity index (χ1) is 11.1. The van der Waals surface area contributed by atoms with Crippen molar-refractivity contribution in [2.75, 3.05) is 0 Å². The lowest BCUT2D eigenvalue weighted by atomic mass is 10.2. The second-order valence-corrected chi connectivity index (χ2v) is 7.06. The lowest BCUT2D eigenvalue weighted by Gasteiger charge is -2.11. The Bertz CT molecular complexity index is 741. The lowest BCUT2D eigenvalue weighted by molar-refractivity contribution is -0.120. The van der Waals surface area contributed by atoms with Gasteiger partial charge in [0.1, 0.15) is 0 Å². The van der Waals surface area contributed by atoms with Gasteiger partial charge in [-0.05, 0) is 25.3 Å². The molecule has 120 valence electrons. The number of hydrogen-bond acceptors (Lipinski definition) is 4. The van der Waals surface area contributed by atoms with Gasteiger partial charge >= 0.3 is 0 Å². The first-order valence-corrected chi connectivity index (χ1v) is 8.59. The van der Waals surface area contributed by atoms with Crippen LogP contribution >= 0.6 is 11.8 Å². The highest BCUT2D eigenvalue weighted by molar-refractivity contribution is 7.99. The monoisotopic (exact) mass is 329 g/mol. The molecule has 1 aromatic carbocycles. The van der Waals surface area contributed by atoms with Crippen molar-refractivity contribution in [1.82, 2.24) is 15.3 Å². The Hall–Kier alpha value is -2.08. The highest BCUT2D eigenvalue weighted by Gasteiger charge is 2.23. The second-order valence-electron chi connectivity index (χ2n) is 5.73. The van der Waals surface area contributed by atoms with Crippen LogP contribution in [-0.4, -0.2) is 21.9 Å². The van der Waals surface area contributed by atoms with E-state index in [1.165, 1.54) is 17.8 Å². The maximum Gasteiger partial charge on any atom is 0.251 e. The van der Waals surface area contributed by atoms with Crippen molar-refractivity contribution >= 4 is 17.7 Å². The molecule has 0 aliphatic heterocycles. The second kappa shape index (κ2) is 7.00. The summed E-state index contributed by atoms with van der Waals surface area (Å²) in [5, 5.41) is 3.62. The molecule has 1 fully saturated rings. The molecule has 5 nitrogen and oxygen atoms in total. The van der Waals surface area contributed by atoms with Crippen LogP contribution in [0.1, 0.15) is 36.3 Å². The van der Waals surface area contributed by atoms with Crippen molar-refractivity contribution in [3.8, 4) is 0 Å². The maximum absolute atomic E-state index is 11.9. The fourth-order valence-corrected chi connectivity index (χ4v) is 3.22. The zero-order chi connectivity index (χ0) is 16.2. The third-order valence-electron chi connectivity index (χ3n) is 3.61. The van der Waals surface area contributed by atoms with Crippen molar-refractivity contribution in [3.63, 3.8) is 0 Å². The molecule has 2 N–H and O–H groups in total. The SMILES string of the molecule is CC(Sc1nc(CC(=O)NC2CC2)cc(=O)[nH]1)c1ccccc1. The molecule has 1 heterocycles. The average Bonchev–Trinajstić information content (AvgIpc) is 3.31. The minimum absolute atomic E-state index is 0.0716. The van der Waals surface area contributed by atoms with Gasteiger partial charge in [0.05, 0.1) is 12.1 Å². The summed E-state index contributed by atoms with van der Waals surface area (Å²) in [5.74, 6) is -0.0716. The number of rotatable bonds is 6. The van der Waals surface area contributed by atoms with E-state index in [0.717, 1.165) is 18.4 Å². The third-order valence-corrected chi connectivity index (χ3v) is 4.66. The number of amides is 1. The first-order valence-electron chi connectivity index (χ1n) is 7.71. The van der Waals surface area contributed by atoms with E-state index in [2.05, 4.69) is 22.2 Å². The molecule has 0 radical (unpaired) electrons. The maximum atomic E-state index is 11.9. The predicted molar refractivity (Wildman–Crippen MR) is 90.4 cm³/mol. The number of nitrogens with zero attached hydrogens (tertiary/aromatic N) is 1. The normalized spacial score (nSPS) is 15.2. The van der Waals surface area contributed by atoms with Crippen molar-refractivity contribution < 1.29 is 4.79 Å². The highest BCUT2D eigenvalue weighted by Crippen LogP contribution is 2.31. The van der Waals surface area contributed by atoms with Gasteiger partial charge < -0.3 is 10.3 Å². The summed E-state index contributed by atoms with van der Waals surface area (Å²) < 4.78 is 0. The lowest BCUT2D eigenvalue weighted by Crippen LogP contribution is -2.28. The van der Waals surface area contributed by atoms with Gasteiger partial charge in [-0.2, -0.15) is 0 Å². The van der Waals surface area contributed by atoms with Crippen molar-refractivity contribution in [1.29, 1.82) is 0 Å². The number of hydrogen-bond donors (Lipinski definition) is 2. The van der Waals surface area contributed by atoms with E-state index in [0.29, 0.717) is 16.9 Å². The molecule has 1 amide bonds. The van der Waals surface area contributed by atoms with Crippen LogP contribution in [0.4, 0.5) is 0 Å². The van der Waals surface area contributed by atoms with Crippen LogP contribution in [0.3, 0.4) is 0 Å². The topological polar surface area (TPSA) is 74.8 Å². The number of carbonyl (C=O) groups excluding carboxylic acids is 1. The van der Waals surface area contributed by atoms with E-state index in [-0.39, 0.29) is 23.1 Å². The van der Waals surface area contributed by atoms with Crippen LogP contribution < -0.4 is 10.9 Å². The van der Waals surface area contributed by atoms with Crippen molar-refractivity contribution in [3.05, 3.63) is 58.0 Å². The highest BCUT2D eigenvalue weighted by atomic mass is 32.2. The minimum atomic E-state index is -0.225. The number of carbonyl (C=O) groups is 1. The Morgan fingerprint density at radius 1 is 1.39 bits per heavy atom. The summed E-state index contributed by atoms with van der Waals surface area (Å²) in [6, 6.07) is 11.7. The summed E-state index contributed by atoms with van der Waals surface area (Å²) >= 11 is 1.48. The van der Waals surface area contributed by atoms with Crippen molar-refractivity contribution in [2.24, 2.45) is 0 Å². The van der Waals surface area contributed by atoms with Gasteiger partial charge in [0.2, 0.25) is 5.91 Å². The van der Waals surface area contributed by atoms with Gasteiger partial charge in [-0.15, -0.1) is 0 Å². The fraction of sp³-hybridized carbons (Fsp3) is 0.353. The van der Waals surface area contributed by atoms with E-state index in [1.54, 1.807) is 0 Å². The number of aromatic nitrogens is 2. The van der Waals surface area contributed by atoms with Gasteiger partial charge in [0, 0.05) is 17.4 Å². The molecule has 0 bridgehead atoms. The van der Waals surface area contributed by atoms with Gasteiger partial charge in [-0.3, -0.25) is 9.59 Å². The van der Waals surface area contributed by atoms with E-state index in [1.807, 2.05) is 30.3 Å². The molecular weight excluding hydrogens is 310 g/mol. The van der Waals surface area contributed by atoms with Crippen LogP contribution in [0, 0.1) is 0 Å². The number of H-pyrrole nitrogens is 1. The largest absolute Gasteiger partial charge is 0.353 e. The Morgan fingerprint density at radius 2 is 2.13 bits per heavy atom. The van der Waals surface area contributed by atoms with Gasteiger partial charge in [-0.25, -0.2) is 4.98 Å². The van der Waals surface area contributed by atoms with E-state index < -0.39 is 0 Å². The molecule has 0 spiro atoms. The summed E-state index contributed by atoms with van der Waals surface area (Å²) in [6.45, 7) is 2.06. The average molecular weight is 329 g/mol. The summed E-state index contributed by atoms with van der Waals surface area (Å²) in [4.78, 5) is 30.8. The summed E-state index contributed by atoms with van der Waals surface area (Å²) in [6.07, 6.45) is 2.24. The zero-order valence-electron chi connectivity index (χ0n) is 12.9. The molecule has 3 rings (SSSR count).